The number of thiophene rings is 1. The van der Waals surface area contributed by atoms with Crippen LogP contribution in [-0.4, -0.2) is 17.5 Å². The Morgan fingerprint density at radius 3 is 2.53 bits per heavy atom. The zero-order valence-electron chi connectivity index (χ0n) is 11.8. The third-order valence-corrected chi connectivity index (χ3v) is 5.51. The smallest absolute Gasteiger partial charge is 0.0346 e. The molecule has 0 bridgehead atoms. The Balaban J connectivity index is 1.92. The lowest BCUT2D eigenvalue weighted by Crippen LogP contribution is -2.31. The summed E-state index contributed by atoms with van der Waals surface area (Å²) in [5.74, 6) is 0. The van der Waals surface area contributed by atoms with Crippen molar-refractivity contribution in [2.75, 3.05) is 12.8 Å². The van der Waals surface area contributed by atoms with Gasteiger partial charge in [-0.25, -0.2) is 0 Å². The number of thioether (sulfide) groups is 1. The average molecular weight is 291 g/mol. The van der Waals surface area contributed by atoms with Gasteiger partial charge in [0, 0.05) is 27.6 Å². The van der Waals surface area contributed by atoms with Crippen LogP contribution in [0.2, 0.25) is 0 Å². The molecule has 0 amide bonds. The fourth-order valence-corrected chi connectivity index (χ4v) is 3.02. The molecule has 1 nitrogen and oxygen atoms in total. The van der Waals surface area contributed by atoms with Crippen LogP contribution in [0.25, 0.3) is 10.4 Å². The maximum atomic E-state index is 3.55. The van der Waals surface area contributed by atoms with Crippen molar-refractivity contribution in [3.8, 4) is 10.4 Å². The molecule has 0 spiro atoms. The third kappa shape index (κ3) is 4.37. The Bertz CT molecular complexity index is 502. The Morgan fingerprint density at radius 2 is 1.84 bits per heavy atom. The highest BCUT2D eigenvalue weighted by Gasteiger charge is 2.14. The highest BCUT2D eigenvalue weighted by molar-refractivity contribution is 7.99. The van der Waals surface area contributed by atoms with Crippen LogP contribution in [0.3, 0.4) is 0 Å². The first-order valence-electron chi connectivity index (χ1n) is 6.51. The van der Waals surface area contributed by atoms with Gasteiger partial charge in [-0.1, -0.05) is 30.3 Å². The molecular weight excluding hydrogens is 270 g/mol. The van der Waals surface area contributed by atoms with Crippen LogP contribution in [-0.2, 0) is 6.54 Å². The van der Waals surface area contributed by atoms with Gasteiger partial charge in [0.2, 0.25) is 0 Å². The number of hydrogen-bond acceptors (Lipinski definition) is 3. The minimum Gasteiger partial charge on any atom is -0.310 e. The second kappa shape index (κ2) is 6.60. The van der Waals surface area contributed by atoms with Crippen LogP contribution >= 0.6 is 23.1 Å². The molecule has 1 N–H and O–H groups in total. The molecule has 0 saturated heterocycles. The summed E-state index contributed by atoms with van der Waals surface area (Å²) in [7, 11) is 0. The molecule has 0 aliphatic rings. The molecule has 19 heavy (non-hydrogen) atoms. The average Bonchev–Trinajstić information content (AvgIpc) is 2.88. The van der Waals surface area contributed by atoms with E-state index in [2.05, 4.69) is 67.9 Å². The first kappa shape index (κ1) is 14.6. The predicted octanol–water partition coefficient (Wildman–Crippen LogP) is 4.65. The van der Waals surface area contributed by atoms with Crippen molar-refractivity contribution in [3.05, 3.63) is 47.3 Å². The summed E-state index contributed by atoms with van der Waals surface area (Å²) in [5.41, 5.74) is 1.31. The summed E-state index contributed by atoms with van der Waals surface area (Å²) in [6, 6.07) is 15.0. The summed E-state index contributed by atoms with van der Waals surface area (Å²) in [5, 5.41) is 3.55. The summed E-state index contributed by atoms with van der Waals surface area (Å²) in [6.07, 6.45) is 2.17. The molecule has 3 heteroatoms. The highest BCUT2D eigenvalue weighted by atomic mass is 32.2. The molecule has 1 aromatic carbocycles. The van der Waals surface area contributed by atoms with E-state index in [0.29, 0.717) is 4.75 Å². The van der Waals surface area contributed by atoms with Crippen molar-refractivity contribution >= 4 is 23.1 Å². The summed E-state index contributed by atoms with van der Waals surface area (Å²) >= 11 is 3.78. The SMILES string of the molecule is CSC(C)(C)CNCc1ccc(-c2ccccc2)s1. The largest absolute Gasteiger partial charge is 0.310 e. The molecule has 102 valence electrons. The van der Waals surface area contributed by atoms with Crippen LogP contribution in [0.15, 0.2) is 42.5 Å². The zero-order chi connectivity index (χ0) is 13.7. The molecule has 0 aliphatic carbocycles. The lowest BCUT2D eigenvalue weighted by atomic mass is 10.2. The maximum absolute atomic E-state index is 3.55. The predicted molar refractivity (Wildman–Crippen MR) is 89.1 cm³/mol. The second-order valence-electron chi connectivity index (χ2n) is 5.20. The lowest BCUT2D eigenvalue weighted by molar-refractivity contribution is 0.594. The number of hydrogen-bond donors (Lipinski definition) is 1. The Kier molecular flexibility index (Phi) is 5.08. The van der Waals surface area contributed by atoms with Gasteiger partial charge in [0.25, 0.3) is 0 Å². The minimum atomic E-state index is 0.305. The van der Waals surface area contributed by atoms with E-state index >= 15 is 0 Å². The molecule has 0 atom stereocenters. The summed E-state index contributed by atoms with van der Waals surface area (Å²) < 4.78 is 0.305. The molecule has 2 rings (SSSR count). The number of rotatable bonds is 6. The molecular formula is C16H21NS2. The standard InChI is InChI=1S/C16H21NS2/c1-16(2,18-3)12-17-11-14-9-10-15(19-14)13-7-5-4-6-8-13/h4-10,17H,11-12H2,1-3H3. The van der Waals surface area contributed by atoms with Gasteiger partial charge in [-0.05, 0) is 37.8 Å². The first-order chi connectivity index (χ1) is 9.11. The van der Waals surface area contributed by atoms with Crippen LogP contribution in [0.4, 0.5) is 0 Å². The van der Waals surface area contributed by atoms with Crippen molar-refractivity contribution in [3.63, 3.8) is 0 Å². The Morgan fingerprint density at radius 1 is 1.11 bits per heavy atom. The van der Waals surface area contributed by atoms with Gasteiger partial charge in [-0.3, -0.25) is 0 Å². The molecule has 2 aromatic rings. The number of nitrogens with one attached hydrogen (secondary N) is 1. The van der Waals surface area contributed by atoms with Gasteiger partial charge < -0.3 is 5.32 Å². The zero-order valence-corrected chi connectivity index (χ0v) is 13.4. The topological polar surface area (TPSA) is 12.0 Å². The van der Waals surface area contributed by atoms with Crippen molar-refractivity contribution in [1.82, 2.24) is 5.32 Å². The van der Waals surface area contributed by atoms with Crippen LogP contribution in [0.5, 0.6) is 0 Å². The van der Waals surface area contributed by atoms with Gasteiger partial charge in [-0.2, -0.15) is 11.8 Å². The van der Waals surface area contributed by atoms with E-state index in [1.165, 1.54) is 15.3 Å². The van der Waals surface area contributed by atoms with E-state index in [9.17, 15) is 0 Å². The Labute approximate surface area is 124 Å². The van der Waals surface area contributed by atoms with Gasteiger partial charge in [-0.15, -0.1) is 11.3 Å². The summed E-state index contributed by atoms with van der Waals surface area (Å²) in [4.78, 5) is 2.75. The molecule has 0 unspecified atom stereocenters. The number of benzene rings is 1. The van der Waals surface area contributed by atoms with Gasteiger partial charge in [0.15, 0.2) is 0 Å². The van der Waals surface area contributed by atoms with E-state index < -0.39 is 0 Å². The van der Waals surface area contributed by atoms with Crippen molar-refractivity contribution in [2.45, 2.75) is 25.1 Å². The minimum absolute atomic E-state index is 0.305. The monoisotopic (exact) mass is 291 g/mol. The van der Waals surface area contributed by atoms with E-state index in [0.717, 1.165) is 13.1 Å². The molecule has 0 fully saturated rings. The van der Waals surface area contributed by atoms with Gasteiger partial charge >= 0.3 is 0 Å². The van der Waals surface area contributed by atoms with Crippen LogP contribution in [0.1, 0.15) is 18.7 Å². The quantitative estimate of drug-likeness (QED) is 0.831. The lowest BCUT2D eigenvalue weighted by Gasteiger charge is -2.22. The third-order valence-electron chi connectivity index (χ3n) is 3.12. The van der Waals surface area contributed by atoms with Gasteiger partial charge in [0.05, 0.1) is 0 Å². The fourth-order valence-electron chi connectivity index (χ4n) is 1.79. The normalized spacial score (nSPS) is 11.7. The first-order valence-corrected chi connectivity index (χ1v) is 8.55. The summed E-state index contributed by atoms with van der Waals surface area (Å²) in [6.45, 7) is 6.54. The van der Waals surface area contributed by atoms with E-state index in [1.54, 1.807) is 0 Å². The van der Waals surface area contributed by atoms with E-state index in [4.69, 9.17) is 0 Å². The molecule has 0 aliphatic heterocycles. The van der Waals surface area contributed by atoms with Crippen LogP contribution < -0.4 is 5.32 Å². The van der Waals surface area contributed by atoms with Crippen molar-refractivity contribution < 1.29 is 0 Å². The molecule has 0 saturated carbocycles. The van der Waals surface area contributed by atoms with E-state index in [-0.39, 0.29) is 0 Å². The van der Waals surface area contributed by atoms with Gasteiger partial charge in [0.1, 0.15) is 0 Å². The molecule has 0 radical (unpaired) electrons. The molecule has 1 heterocycles. The highest BCUT2D eigenvalue weighted by Crippen LogP contribution is 2.28. The second-order valence-corrected chi connectivity index (χ2v) is 7.88. The van der Waals surface area contributed by atoms with Crippen molar-refractivity contribution in [2.24, 2.45) is 0 Å². The van der Waals surface area contributed by atoms with E-state index in [1.807, 2.05) is 23.1 Å². The van der Waals surface area contributed by atoms with Crippen LogP contribution in [0, 0.1) is 0 Å². The molecule has 1 aromatic heterocycles. The van der Waals surface area contributed by atoms with Crippen molar-refractivity contribution in [1.29, 1.82) is 0 Å². The Hall–Kier alpha value is -0.770. The maximum Gasteiger partial charge on any atom is 0.0346 e. The fraction of sp³-hybridized carbons (Fsp3) is 0.375.